The number of hydrogen-bond donors (Lipinski definition) is 1. The van der Waals surface area contributed by atoms with Crippen molar-refractivity contribution < 1.29 is 27.8 Å². The molecule has 0 aromatic heterocycles. The number of aliphatic carboxylic acids is 1. The van der Waals surface area contributed by atoms with E-state index in [0.717, 1.165) is 44.1 Å². The maximum absolute atomic E-state index is 14.3. The Morgan fingerprint density at radius 1 is 1.14 bits per heavy atom. The van der Waals surface area contributed by atoms with E-state index in [1.54, 1.807) is 18.2 Å². The van der Waals surface area contributed by atoms with E-state index in [0.29, 0.717) is 17.7 Å². The van der Waals surface area contributed by atoms with Crippen LogP contribution in [0.2, 0.25) is 0 Å². The third kappa shape index (κ3) is 5.17. The summed E-state index contributed by atoms with van der Waals surface area (Å²) in [6.07, 6.45) is 1.34. The molecule has 0 saturated heterocycles. The molecule has 2 saturated carbocycles. The Labute approximate surface area is 206 Å². The molecule has 0 radical (unpaired) electrons. The number of carbonyl (C=O) groups is 1. The van der Waals surface area contributed by atoms with E-state index in [2.05, 4.69) is 6.92 Å². The van der Waals surface area contributed by atoms with Gasteiger partial charge >= 0.3 is 12.1 Å². The van der Waals surface area contributed by atoms with Gasteiger partial charge < -0.3 is 9.84 Å². The summed E-state index contributed by atoms with van der Waals surface area (Å²) in [7, 11) is 0. The molecule has 0 heterocycles. The van der Waals surface area contributed by atoms with Gasteiger partial charge in [0.05, 0.1) is 12.0 Å². The molecule has 0 spiro atoms. The molecular weight excluding hydrogens is 453 g/mol. The van der Waals surface area contributed by atoms with Crippen LogP contribution in [0.5, 0.6) is 5.75 Å². The summed E-state index contributed by atoms with van der Waals surface area (Å²) >= 11 is 0. The summed E-state index contributed by atoms with van der Waals surface area (Å²) in [5.41, 5.74) is -0.152. The quantitative estimate of drug-likeness (QED) is 0.423. The summed E-state index contributed by atoms with van der Waals surface area (Å²) < 4.78 is 49.0. The molecule has 0 unspecified atom stereocenters. The van der Waals surface area contributed by atoms with Crippen LogP contribution in [0.4, 0.5) is 13.2 Å². The minimum atomic E-state index is -4.53. The number of fused-ring (bicyclic) bond motifs is 1. The monoisotopic (exact) mass is 490 g/mol. The number of benzene rings is 2. The Morgan fingerprint density at radius 3 is 2.37 bits per heavy atom. The average molecular weight is 491 g/mol. The van der Waals surface area contributed by atoms with Crippen LogP contribution in [0, 0.1) is 23.2 Å². The number of alkyl halides is 3. The van der Waals surface area contributed by atoms with E-state index in [4.69, 9.17) is 4.74 Å². The van der Waals surface area contributed by atoms with Crippen LogP contribution in [0.15, 0.2) is 30.3 Å². The van der Waals surface area contributed by atoms with Crippen molar-refractivity contribution in [1.82, 2.24) is 0 Å². The lowest BCUT2D eigenvalue weighted by molar-refractivity contribution is -0.159. The molecule has 2 aromatic rings. The minimum Gasteiger partial charge on any atom is -0.490 e. The average Bonchev–Trinajstić information content (AvgIpc) is 2.80. The molecule has 2 aliphatic carbocycles. The van der Waals surface area contributed by atoms with Crippen LogP contribution in [0.3, 0.4) is 0 Å². The maximum atomic E-state index is 14.3. The SMILES string of the molecule is CCC1CCC(Oc2ccc3ccc([C@@H](C)C[C@@H]4C[C@H](C(=O)O)C4(C)C)cc3c2C(F)(F)F)CC1. The lowest BCUT2D eigenvalue weighted by atomic mass is 9.53. The zero-order chi connectivity index (χ0) is 25.5. The van der Waals surface area contributed by atoms with Crippen molar-refractivity contribution in [2.75, 3.05) is 0 Å². The van der Waals surface area contributed by atoms with Gasteiger partial charge in [-0.1, -0.05) is 58.4 Å². The Kier molecular flexibility index (Phi) is 7.14. The van der Waals surface area contributed by atoms with E-state index in [1.165, 1.54) is 6.07 Å². The molecule has 2 aromatic carbocycles. The normalized spacial score (nSPS) is 27.3. The minimum absolute atomic E-state index is 0.0217. The maximum Gasteiger partial charge on any atom is 0.420 e. The van der Waals surface area contributed by atoms with Crippen molar-refractivity contribution >= 4 is 16.7 Å². The highest BCUT2D eigenvalue weighted by Crippen LogP contribution is 2.55. The Bertz CT molecular complexity index is 1070. The molecule has 192 valence electrons. The van der Waals surface area contributed by atoms with Gasteiger partial charge in [0.15, 0.2) is 0 Å². The molecule has 1 N–H and O–H groups in total. The lowest BCUT2D eigenvalue weighted by Crippen LogP contribution is -2.49. The molecule has 2 fully saturated rings. The largest absolute Gasteiger partial charge is 0.490 e. The number of hydrogen-bond acceptors (Lipinski definition) is 2. The van der Waals surface area contributed by atoms with E-state index < -0.39 is 17.7 Å². The first-order chi connectivity index (χ1) is 16.4. The van der Waals surface area contributed by atoms with Crippen molar-refractivity contribution in [3.63, 3.8) is 0 Å². The third-order valence-electron chi connectivity index (χ3n) is 8.93. The standard InChI is InChI=1S/C29H37F3O3/c1-5-18-6-11-22(12-7-18)35-25-13-10-19-8-9-20(15-23(19)26(25)29(30,31)32)17(2)14-21-16-24(27(33)34)28(21,3)4/h8-10,13,15,17-18,21-22,24H,5-7,11-12,14,16H2,1-4H3,(H,33,34)/t17-,18?,21+,22?,24+/m0/s1. The van der Waals surface area contributed by atoms with Crippen LogP contribution in [-0.2, 0) is 11.0 Å². The van der Waals surface area contributed by atoms with Gasteiger partial charge in [0.2, 0.25) is 0 Å². The van der Waals surface area contributed by atoms with Crippen molar-refractivity contribution in [2.24, 2.45) is 23.2 Å². The molecule has 0 amide bonds. The van der Waals surface area contributed by atoms with Gasteiger partial charge in [0, 0.05) is 0 Å². The van der Waals surface area contributed by atoms with Crippen LogP contribution < -0.4 is 4.74 Å². The van der Waals surface area contributed by atoms with Crippen LogP contribution in [-0.4, -0.2) is 17.2 Å². The summed E-state index contributed by atoms with van der Waals surface area (Å²) in [5.74, 6) is -0.309. The van der Waals surface area contributed by atoms with E-state index >= 15 is 0 Å². The third-order valence-corrected chi connectivity index (χ3v) is 8.93. The molecule has 3 nitrogen and oxygen atoms in total. The predicted octanol–water partition coefficient (Wildman–Crippen LogP) is 8.45. The van der Waals surface area contributed by atoms with E-state index in [1.807, 2.05) is 26.8 Å². The Balaban J connectivity index is 1.60. The highest BCUT2D eigenvalue weighted by atomic mass is 19.4. The van der Waals surface area contributed by atoms with E-state index in [-0.39, 0.29) is 40.4 Å². The first-order valence-electron chi connectivity index (χ1n) is 12.9. The number of carboxylic acid groups (broad SMARTS) is 1. The molecule has 6 heteroatoms. The fourth-order valence-corrected chi connectivity index (χ4v) is 6.25. The number of carboxylic acids is 1. The smallest absolute Gasteiger partial charge is 0.420 e. The summed E-state index contributed by atoms with van der Waals surface area (Å²) in [6, 6.07) is 8.53. The fraction of sp³-hybridized carbons (Fsp3) is 0.621. The molecule has 3 atom stereocenters. The summed E-state index contributed by atoms with van der Waals surface area (Å²) in [4.78, 5) is 11.5. The zero-order valence-electron chi connectivity index (χ0n) is 21.1. The molecule has 4 rings (SSSR count). The van der Waals surface area contributed by atoms with E-state index in [9.17, 15) is 23.1 Å². The molecule has 0 aliphatic heterocycles. The van der Waals surface area contributed by atoms with Crippen molar-refractivity contribution in [2.45, 2.75) is 90.8 Å². The fourth-order valence-electron chi connectivity index (χ4n) is 6.25. The van der Waals surface area contributed by atoms with Gasteiger partial charge in [0.25, 0.3) is 0 Å². The van der Waals surface area contributed by atoms with Crippen molar-refractivity contribution in [1.29, 1.82) is 0 Å². The van der Waals surface area contributed by atoms with Gasteiger partial charge in [0.1, 0.15) is 11.3 Å². The number of rotatable bonds is 7. The van der Waals surface area contributed by atoms with Crippen LogP contribution in [0.1, 0.15) is 89.7 Å². The molecule has 0 bridgehead atoms. The highest BCUT2D eigenvalue weighted by molar-refractivity contribution is 5.89. The first-order valence-corrected chi connectivity index (χ1v) is 12.9. The van der Waals surface area contributed by atoms with Crippen LogP contribution >= 0.6 is 0 Å². The zero-order valence-corrected chi connectivity index (χ0v) is 21.1. The molecule has 2 aliphatic rings. The lowest BCUT2D eigenvalue weighted by Gasteiger charge is -2.51. The van der Waals surface area contributed by atoms with Gasteiger partial charge in [-0.2, -0.15) is 13.2 Å². The van der Waals surface area contributed by atoms with Gasteiger partial charge in [-0.3, -0.25) is 4.79 Å². The van der Waals surface area contributed by atoms with Gasteiger partial charge in [-0.05, 0) is 84.1 Å². The number of ether oxygens (including phenoxy) is 1. The molecular formula is C29H37F3O3. The molecule has 35 heavy (non-hydrogen) atoms. The second kappa shape index (κ2) is 9.67. The summed E-state index contributed by atoms with van der Waals surface area (Å²) in [5, 5.41) is 10.1. The Morgan fingerprint density at radius 2 is 1.80 bits per heavy atom. The second-order valence-electron chi connectivity index (χ2n) is 11.4. The van der Waals surface area contributed by atoms with Crippen LogP contribution in [0.25, 0.3) is 10.8 Å². The first kappa shape index (κ1) is 25.8. The van der Waals surface area contributed by atoms with Crippen molar-refractivity contribution in [3.8, 4) is 5.75 Å². The predicted molar refractivity (Wildman–Crippen MR) is 132 cm³/mol. The Hall–Kier alpha value is -2.24. The second-order valence-corrected chi connectivity index (χ2v) is 11.4. The topological polar surface area (TPSA) is 46.5 Å². The summed E-state index contributed by atoms with van der Waals surface area (Å²) in [6.45, 7) is 8.13. The highest BCUT2D eigenvalue weighted by Gasteiger charge is 2.51. The number of halogens is 3. The van der Waals surface area contributed by atoms with Crippen molar-refractivity contribution in [3.05, 3.63) is 41.5 Å². The van der Waals surface area contributed by atoms with Gasteiger partial charge in [-0.15, -0.1) is 0 Å². The van der Waals surface area contributed by atoms with Gasteiger partial charge in [-0.25, -0.2) is 0 Å².